The van der Waals surface area contributed by atoms with E-state index in [0.717, 1.165) is 28.1 Å². The molecule has 0 fully saturated rings. The van der Waals surface area contributed by atoms with Crippen LogP contribution in [0.5, 0.6) is 0 Å². The van der Waals surface area contributed by atoms with Gasteiger partial charge in [-0.25, -0.2) is 0 Å². The van der Waals surface area contributed by atoms with Crippen LogP contribution >= 0.6 is 0 Å². The van der Waals surface area contributed by atoms with Crippen LogP contribution in [0.15, 0.2) is 71.3 Å². The standard InChI is InChI=1S/C21H22N2O2/c1-15-10-11-16(2)19(13-15)23-21(24)20(17-7-4-3-5-8-17)22-14-18-9-6-12-25-18/h3-13,20,22H,14H2,1-2H3,(H,23,24)/t20-/m1/s1. The molecule has 1 heterocycles. The van der Waals surface area contributed by atoms with Crippen LogP contribution in [0.25, 0.3) is 0 Å². The van der Waals surface area contributed by atoms with Gasteiger partial charge in [0, 0.05) is 5.69 Å². The van der Waals surface area contributed by atoms with Crippen LogP contribution in [0.3, 0.4) is 0 Å². The Kier molecular flexibility index (Phi) is 5.31. The van der Waals surface area contributed by atoms with E-state index in [0.29, 0.717) is 6.54 Å². The number of carbonyl (C=O) groups excluding carboxylic acids is 1. The maximum absolute atomic E-state index is 12.9. The molecule has 0 spiro atoms. The molecule has 0 aliphatic rings. The summed E-state index contributed by atoms with van der Waals surface area (Å²) < 4.78 is 5.36. The van der Waals surface area contributed by atoms with Crippen molar-refractivity contribution in [2.45, 2.75) is 26.4 Å². The van der Waals surface area contributed by atoms with E-state index in [2.05, 4.69) is 10.6 Å². The van der Waals surface area contributed by atoms with Crippen molar-refractivity contribution in [3.63, 3.8) is 0 Å². The fourth-order valence-corrected chi connectivity index (χ4v) is 2.70. The van der Waals surface area contributed by atoms with Crippen molar-refractivity contribution in [3.8, 4) is 0 Å². The van der Waals surface area contributed by atoms with Gasteiger partial charge in [-0.15, -0.1) is 0 Å². The molecule has 0 bridgehead atoms. The largest absolute Gasteiger partial charge is 0.468 e. The fourth-order valence-electron chi connectivity index (χ4n) is 2.70. The number of furan rings is 1. The highest BCUT2D eigenvalue weighted by molar-refractivity contribution is 5.96. The van der Waals surface area contributed by atoms with Crippen molar-refractivity contribution >= 4 is 11.6 Å². The van der Waals surface area contributed by atoms with Crippen LogP contribution in [0.2, 0.25) is 0 Å². The summed E-state index contributed by atoms with van der Waals surface area (Å²) in [6.45, 7) is 4.48. The lowest BCUT2D eigenvalue weighted by Crippen LogP contribution is -2.32. The number of rotatable bonds is 6. The van der Waals surface area contributed by atoms with Crippen LogP contribution < -0.4 is 10.6 Å². The SMILES string of the molecule is Cc1ccc(C)c(NC(=O)[C@H](NCc2ccco2)c2ccccc2)c1. The minimum Gasteiger partial charge on any atom is -0.468 e. The maximum atomic E-state index is 12.9. The molecule has 0 saturated heterocycles. The number of hydrogen-bond donors (Lipinski definition) is 2. The lowest BCUT2D eigenvalue weighted by atomic mass is 10.1. The number of aryl methyl sites for hydroxylation is 2. The van der Waals surface area contributed by atoms with Crippen LogP contribution in [-0.4, -0.2) is 5.91 Å². The molecule has 1 atom stereocenters. The van der Waals surface area contributed by atoms with Crippen LogP contribution in [0, 0.1) is 13.8 Å². The Morgan fingerprint density at radius 3 is 2.56 bits per heavy atom. The molecule has 25 heavy (non-hydrogen) atoms. The van der Waals surface area contributed by atoms with Crippen LogP contribution in [-0.2, 0) is 11.3 Å². The summed E-state index contributed by atoms with van der Waals surface area (Å²) in [5.41, 5.74) is 3.90. The molecule has 3 aromatic rings. The first-order valence-corrected chi connectivity index (χ1v) is 8.32. The second-order valence-corrected chi connectivity index (χ2v) is 6.11. The normalized spacial score (nSPS) is 11.9. The molecule has 3 rings (SSSR count). The molecule has 2 aromatic carbocycles. The van der Waals surface area contributed by atoms with Gasteiger partial charge in [0.25, 0.3) is 0 Å². The van der Waals surface area contributed by atoms with Crippen molar-refractivity contribution in [3.05, 3.63) is 89.4 Å². The number of hydrogen-bond acceptors (Lipinski definition) is 3. The number of carbonyl (C=O) groups is 1. The number of anilines is 1. The smallest absolute Gasteiger partial charge is 0.246 e. The molecule has 0 unspecified atom stereocenters. The highest BCUT2D eigenvalue weighted by atomic mass is 16.3. The van der Waals surface area contributed by atoms with Crippen molar-refractivity contribution in [1.29, 1.82) is 0 Å². The summed E-state index contributed by atoms with van der Waals surface area (Å²) in [4.78, 5) is 12.9. The van der Waals surface area contributed by atoms with E-state index in [1.807, 2.05) is 74.5 Å². The summed E-state index contributed by atoms with van der Waals surface area (Å²) in [6, 6.07) is 19.0. The van der Waals surface area contributed by atoms with Gasteiger partial charge >= 0.3 is 0 Å². The first-order valence-electron chi connectivity index (χ1n) is 8.32. The minimum absolute atomic E-state index is 0.0912. The quantitative estimate of drug-likeness (QED) is 0.704. The molecule has 1 aromatic heterocycles. The lowest BCUT2D eigenvalue weighted by molar-refractivity contribution is -0.118. The summed E-state index contributed by atoms with van der Waals surface area (Å²) in [5.74, 6) is 0.701. The van der Waals surface area contributed by atoms with Gasteiger partial charge in [-0.05, 0) is 48.7 Å². The van der Waals surface area contributed by atoms with Gasteiger partial charge in [0.1, 0.15) is 11.8 Å². The Labute approximate surface area is 147 Å². The minimum atomic E-state index is -0.466. The Morgan fingerprint density at radius 2 is 1.84 bits per heavy atom. The summed E-state index contributed by atoms with van der Waals surface area (Å²) in [6.07, 6.45) is 1.63. The molecule has 4 heteroatoms. The first kappa shape index (κ1) is 17.0. The average Bonchev–Trinajstić information content (AvgIpc) is 3.13. The van der Waals surface area contributed by atoms with E-state index in [4.69, 9.17) is 4.42 Å². The van der Waals surface area contributed by atoms with Gasteiger partial charge in [-0.1, -0.05) is 42.5 Å². The van der Waals surface area contributed by atoms with E-state index in [9.17, 15) is 4.79 Å². The zero-order chi connectivity index (χ0) is 17.6. The van der Waals surface area contributed by atoms with E-state index in [1.54, 1.807) is 6.26 Å². The Bertz CT molecular complexity index is 826. The molecule has 1 amide bonds. The van der Waals surface area contributed by atoms with Crippen molar-refractivity contribution in [2.75, 3.05) is 5.32 Å². The van der Waals surface area contributed by atoms with Crippen molar-refractivity contribution in [2.24, 2.45) is 0 Å². The van der Waals surface area contributed by atoms with Crippen LogP contribution in [0.4, 0.5) is 5.69 Å². The Hall–Kier alpha value is -2.85. The number of benzene rings is 2. The first-order chi connectivity index (χ1) is 12.1. The summed E-state index contributed by atoms with van der Waals surface area (Å²) >= 11 is 0. The molecule has 4 nitrogen and oxygen atoms in total. The Balaban J connectivity index is 1.80. The maximum Gasteiger partial charge on any atom is 0.246 e. The van der Waals surface area contributed by atoms with Gasteiger partial charge < -0.3 is 9.73 Å². The lowest BCUT2D eigenvalue weighted by Gasteiger charge is -2.19. The Morgan fingerprint density at radius 1 is 1.04 bits per heavy atom. The van der Waals surface area contributed by atoms with E-state index in [-0.39, 0.29) is 5.91 Å². The van der Waals surface area contributed by atoms with E-state index < -0.39 is 6.04 Å². The second kappa shape index (κ2) is 7.81. The molecule has 128 valence electrons. The predicted octanol–water partition coefficient (Wildman–Crippen LogP) is 4.37. The van der Waals surface area contributed by atoms with Crippen molar-refractivity contribution in [1.82, 2.24) is 5.32 Å². The van der Waals surface area contributed by atoms with Gasteiger partial charge in [0.05, 0.1) is 12.8 Å². The van der Waals surface area contributed by atoms with E-state index in [1.165, 1.54) is 0 Å². The third kappa shape index (κ3) is 4.37. The molecule has 0 saturated carbocycles. The molecular formula is C21H22N2O2. The molecule has 2 N–H and O–H groups in total. The predicted molar refractivity (Wildman–Crippen MR) is 99.3 cm³/mol. The third-order valence-electron chi connectivity index (χ3n) is 4.11. The molecule has 0 radical (unpaired) electrons. The van der Waals surface area contributed by atoms with Crippen LogP contribution in [0.1, 0.15) is 28.5 Å². The number of nitrogens with one attached hydrogen (secondary N) is 2. The highest BCUT2D eigenvalue weighted by Gasteiger charge is 2.21. The highest BCUT2D eigenvalue weighted by Crippen LogP contribution is 2.20. The van der Waals surface area contributed by atoms with Gasteiger partial charge in [-0.3, -0.25) is 10.1 Å². The summed E-state index contributed by atoms with van der Waals surface area (Å²) in [7, 11) is 0. The second-order valence-electron chi connectivity index (χ2n) is 6.11. The number of amides is 1. The van der Waals surface area contributed by atoms with Gasteiger partial charge in [0.2, 0.25) is 5.91 Å². The molecule has 0 aliphatic heterocycles. The molecule has 0 aliphatic carbocycles. The monoisotopic (exact) mass is 334 g/mol. The van der Waals surface area contributed by atoms with E-state index >= 15 is 0 Å². The van der Waals surface area contributed by atoms with Crippen molar-refractivity contribution < 1.29 is 9.21 Å². The fraction of sp³-hybridized carbons (Fsp3) is 0.190. The topological polar surface area (TPSA) is 54.3 Å². The van der Waals surface area contributed by atoms with Gasteiger partial charge in [0.15, 0.2) is 0 Å². The average molecular weight is 334 g/mol. The zero-order valence-electron chi connectivity index (χ0n) is 14.5. The summed E-state index contributed by atoms with van der Waals surface area (Å²) in [5, 5.41) is 6.33. The third-order valence-corrected chi connectivity index (χ3v) is 4.11. The van der Waals surface area contributed by atoms with Gasteiger partial charge in [-0.2, -0.15) is 0 Å². The molecular weight excluding hydrogens is 312 g/mol. The zero-order valence-corrected chi connectivity index (χ0v) is 14.5.